The van der Waals surface area contributed by atoms with E-state index < -0.39 is 4.92 Å². The molecule has 0 bridgehead atoms. The van der Waals surface area contributed by atoms with Crippen LogP contribution in [-0.4, -0.2) is 48.3 Å². The minimum Gasteiger partial charge on any atom is -0.369 e. The predicted octanol–water partition coefficient (Wildman–Crippen LogP) is 1.94. The fourth-order valence-electron chi connectivity index (χ4n) is 2.48. The minimum absolute atomic E-state index is 0.117. The van der Waals surface area contributed by atoms with Gasteiger partial charge >= 0.3 is 0 Å². The predicted molar refractivity (Wildman–Crippen MR) is 77.4 cm³/mol. The van der Waals surface area contributed by atoms with E-state index in [2.05, 4.69) is 16.7 Å². The highest BCUT2D eigenvalue weighted by atomic mass is 16.6. The van der Waals surface area contributed by atoms with Crippen molar-refractivity contribution in [1.29, 1.82) is 0 Å². The van der Waals surface area contributed by atoms with Crippen LogP contribution < -0.4 is 4.90 Å². The van der Waals surface area contributed by atoms with E-state index in [0.29, 0.717) is 0 Å². The molecule has 1 heterocycles. The first-order chi connectivity index (χ1) is 9.52. The molecule has 0 saturated carbocycles. The van der Waals surface area contributed by atoms with Gasteiger partial charge in [-0.15, -0.1) is 0 Å². The van der Waals surface area contributed by atoms with Crippen molar-refractivity contribution in [3.05, 3.63) is 33.9 Å². The minimum atomic E-state index is -0.504. The lowest BCUT2D eigenvalue weighted by Crippen LogP contribution is -2.46. The SMILES string of the molecule is CCN1CCN(c2ccc([N+](=O)[O-])c(C(C)=O)c2)CC1. The van der Waals surface area contributed by atoms with E-state index in [1.807, 2.05) is 0 Å². The Morgan fingerprint density at radius 2 is 1.95 bits per heavy atom. The molecule has 1 aliphatic rings. The molecule has 0 aromatic heterocycles. The molecule has 1 aliphatic heterocycles. The van der Waals surface area contributed by atoms with Crippen LogP contribution in [0.3, 0.4) is 0 Å². The molecule has 1 aromatic carbocycles. The van der Waals surface area contributed by atoms with E-state index in [4.69, 9.17) is 0 Å². The van der Waals surface area contributed by atoms with Gasteiger partial charge in [-0.2, -0.15) is 0 Å². The number of hydrogen-bond donors (Lipinski definition) is 0. The van der Waals surface area contributed by atoms with Crippen molar-refractivity contribution in [3.63, 3.8) is 0 Å². The van der Waals surface area contributed by atoms with Crippen LogP contribution in [-0.2, 0) is 0 Å². The van der Waals surface area contributed by atoms with Gasteiger partial charge in [0.1, 0.15) is 0 Å². The highest BCUT2D eigenvalue weighted by molar-refractivity contribution is 5.99. The van der Waals surface area contributed by atoms with Crippen LogP contribution in [0.2, 0.25) is 0 Å². The van der Waals surface area contributed by atoms with Crippen LogP contribution in [0.15, 0.2) is 18.2 Å². The van der Waals surface area contributed by atoms with Crippen molar-refractivity contribution < 1.29 is 9.72 Å². The molecular weight excluding hydrogens is 258 g/mol. The topological polar surface area (TPSA) is 66.7 Å². The third-order valence-corrected chi connectivity index (χ3v) is 3.74. The van der Waals surface area contributed by atoms with Gasteiger partial charge in [0.15, 0.2) is 5.78 Å². The number of nitro benzene ring substituents is 1. The van der Waals surface area contributed by atoms with Gasteiger partial charge in [0.2, 0.25) is 0 Å². The zero-order valence-corrected chi connectivity index (χ0v) is 11.8. The Balaban J connectivity index is 2.24. The number of nitrogens with zero attached hydrogens (tertiary/aromatic N) is 3. The molecule has 0 atom stereocenters. The lowest BCUT2D eigenvalue weighted by Gasteiger charge is -2.35. The number of Topliss-reactive ketones (excluding diaryl/α,β-unsaturated/α-hetero) is 1. The number of likely N-dealkylation sites (N-methyl/N-ethyl adjacent to an activating group) is 1. The normalized spacial score (nSPS) is 16.2. The Morgan fingerprint density at radius 3 is 2.45 bits per heavy atom. The first-order valence-corrected chi connectivity index (χ1v) is 6.79. The average molecular weight is 277 g/mol. The number of hydrogen-bond acceptors (Lipinski definition) is 5. The molecule has 20 heavy (non-hydrogen) atoms. The van der Waals surface area contributed by atoms with Crippen LogP contribution in [0.4, 0.5) is 11.4 Å². The quantitative estimate of drug-likeness (QED) is 0.478. The largest absolute Gasteiger partial charge is 0.369 e. The van der Waals surface area contributed by atoms with E-state index in [0.717, 1.165) is 38.4 Å². The molecule has 1 saturated heterocycles. The average Bonchev–Trinajstić information content (AvgIpc) is 2.46. The van der Waals surface area contributed by atoms with Gasteiger partial charge in [-0.05, 0) is 25.6 Å². The monoisotopic (exact) mass is 277 g/mol. The Bertz CT molecular complexity index is 522. The van der Waals surface area contributed by atoms with Crippen LogP contribution in [0.25, 0.3) is 0 Å². The fraction of sp³-hybridized carbons (Fsp3) is 0.500. The summed E-state index contributed by atoms with van der Waals surface area (Å²) < 4.78 is 0. The second-order valence-corrected chi connectivity index (χ2v) is 4.94. The molecule has 0 amide bonds. The Labute approximate surface area is 118 Å². The van der Waals surface area contributed by atoms with Gasteiger partial charge in [0, 0.05) is 37.9 Å². The third-order valence-electron chi connectivity index (χ3n) is 3.74. The van der Waals surface area contributed by atoms with Crippen LogP contribution in [0, 0.1) is 10.1 Å². The summed E-state index contributed by atoms with van der Waals surface area (Å²) in [6.07, 6.45) is 0. The Hall–Kier alpha value is -1.95. The summed E-state index contributed by atoms with van der Waals surface area (Å²) in [7, 11) is 0. The number of carbonyl (C=O) groups excluding carboxylic acids is 1. The van der Waals surface area contributed by atoms with Crippen molar-refractivity contribution >= 4 is 17.2 Å². The van der Waals surface area contributed by atoms with Gasteiger partial charge in [0.25, 0.3) is 5.69 Å². The zero-order valence-electron chi connectivity index (χ0n) is 11.8. The van der Waals surface area contributed by atoms with Gasteiger partial charge in [-0.3, -0.25) is 14.9 Å². The number of carbonyl (C=O) groups is 1. The first kappa shape index (κ1) is 14.5. The highest BCUT2D eigenvalue weighted by Crippen LogP contribution is 2.26. The molecule has 2 rings (SSSR count). The summed E-state index contributed by atoms with van der Waals surface area (Å²) >= 11 is 0. The molecule has 0 N–H and O–H groups in total. The smallest absolute Gasteiger partial charge is 0.280 e. The molecular formula is C14H19N3O3. The molecule has 6 heteroatoms. The molecule has 0 aliphatic carbocycles. The van der Waals surface area contributed by atoms with Gasteiger partial charge in [0.05, 0.1) is 10.5 Å². The standard InChI is InChI=1S/C14H19N3O3/c1-3-15-6-8-16(9-7-15)12-4-5-14(17(19)20)13(10-12)11(2)18/h4-5,10H,3,6-9H2,1-2H3. The number of nitro groups is 1. The van der Waals surface area contributed by atoms with Gasteiger partial charge < -0.3 is 9.80 Å². The van der Waals surface area contributed by atoms with E-state index in [9.17, 15) is 14.9 Å². The van der Waals surface area contributed by atoms with Crippen molar-refractivity contribution in [3.8, 4) is 0 Å². The zero-order chi connectivity index (χ0) is 14.7. The summed E-state index contributed by atoms with van der Waals surface area (Å²) in [6.45, 7) is 8.24. The molecule has 1 fully saturated rings. The van der Waals surface area contributed by atoms with Crippen LogP contribution >= 0.6 is 0 Å². The summed E-state index contributed by atoms with van der Waals surface area (Å²) in [5, 5.41) is 10.9. The molecule has 6 nitrogen and oxygen atoms in total. The summed E-state index contributed by atoms with van der Waals surface area (Å²) in [5.74, 6) is -0.272. The maximum absolute atomic E-state index is 11.6. The fourth-order valence-corrected chi connectivity index (χ4v) is 2.48. The Morgan fingerprint density at radius 1 is 1.30 bits per heavy atom. The first-order valence-electron chi connectivity index (χ1n) is 6.79. The molecule has 0 spiro atoms. The lowest BCUT2D eigenvalue weighted by atomic mass is 10.1. The molecule has 0 unspecified atom stereocenters. The Kier molecular flexibility index (Phi) is 4.34. The molecule has 1 aromatic rings. The number of rotatable bonds is 4. The van der Waals surface area contributed by atoms with Crippen molar-refractivity contribution in [1.82, 2.24) is 4.90 Å². The molecule has 0 radical (unpaired) electrons. The number of benzene rings is 1. The number of piperazine rings is 1. The van der Waals surface area contributed by atoms with E-state index >= 15 is 0 Å². The summed E-state index contributed by atoms with van der Waals surface area (Å²) in [5.41, 5.74) is 0.954. The van der Waals surface area contributed by atoms with Crippen LogP contribution in [0.5, 0.6) is 0 Å². The summed E-state index contributed by atoms with van der Waals surface area (Å²) in [6, 6.07) is 4.80. The maximum Gasteiger partial charge on any atom is 0.280 e. The second kappa shape index (κ2) is 6.00. The molecule has 108 valence electrons. The third kappa shape index (κ3) is 2.96. The van der Waals surface area contributed by atoms with Crippen molar-refractivity contribution in [2.24, 2.45) is 0 Å². The van der Waals surface area contributed by atoms with Gasteiger partial charge in [-0.25, -0.2) is 0 Å². The van der Waals surface area contributed by atoms with E-state index in [1.165, 1.54) is 13.0 Å². The van der Waals surface area contributed by atoms with Gasteiger partial charge in [-0.1, -0.05) is 6.92 Å². The van der Waals surface area contributed by atoms with Crippen molar-refractivity contribution in [2.45, 2.75) is 13.8 Å². The van der Waals surface area contributed by atoms with E-state index in [1.54, 1.807) is 12.1 Å². The van der Waals surface area contributed by atoms with Crippen LogP contribution in [0.1, 0.15) is 24.2 Å². The van der Waals surface area contributed by atoms with Crippen molar-refractivity contribution in [2.75, 3.05) is 37.6 Å². The summed E-state index contributed by atoms with van der Waals surface area (Å²) in [4.78, 5) is 26.5. The van der Waals surface area contributed by atoms with E-state index in [-0.39, 0.29) is 17.0 Å². The highest BCUT2D eigenvalue weighted by Gasteiger charge is 2.21. The number of anilines is 1. The lowest BCUT2D eigenvalue weighted by molar-refractivity contribution is -0.385. The second-order valence-electron chi connectivity index (χ2n) is 4.94. The number of ketones is 1. The maximum atomic E-state index is 11.6.